The first-order valence-electron chi connectivity index (χ1n) is 8.98. The van der Waals surface area contributed by atoms with Crippen molar-refractivity contribution < 1.29 is 9.47 Å². The molecule has 0 saturated carbocycles. The fraction of sp³-hybridized carbons (Fsp3) is 0.526. The number of methoxy groups -OCH3 is 1. The van der Waals surface area contributed by atoms with Gasteiger partial charge in [-0.05, 0) is 30.9 Å². The van der Waals surface area contributed by atoms with Crippen LogP contribution in [0.5, 0.6) is 0 Å². The predicted octanol–water partition coefficient (Wildman–Crippen LogP) is 2.87. The molecule has 6 nitrogen and oxygen atoms in total. The van der Waals surface area contributed by atoms with E-state index in [-0.39, 0.29) is 24.0 Å². The fourth-order valence-corrected chi connectivity index (χ4v) is 2.60. The maximum absolute atomic E-state index is 5.44. The Bertz CT molecular complexity index is 645. The van der Waals surface area contributed by atoms with E-state index in [0.717, 1.165) is 38.6 Å². The lowest BCUT2D eigenvalue weighted by Gasteiger charge is -2.11. The summed E-state index contributed by atoms with van der Waals surface area (Å²) in [7, 11) is 1.67. The Kier molecular flexibility index (Phi) is 12.1. The molecule has 1 heterocycles. The van der Waals surface area contributed by atoms with Gasteiger partial charge in [-0.15, -0.1) is 24.0 Å². The summed E-state index contributed by atoms with van der Waals surface area (Å²) >= 11 is 0. The molecule has 0 spiro atoms. The van der Waals surface area contributed by atoms with Crippen LogP contribution in [0.2, 0.25) is 0 Å². The molecule has 0 unspecified atom stereocenters. The average molecular weight is 474 g/mol. The summed E-state index contributed by atoms with van der Waals surface area (Å²) in [6, 6.07) is 10.6. The van der Waals surface area contributed by atoms with E-state index >= 15 is 0 Å². The molecule has 0 aliphatic rings. The third kappa shape index (κ3) is 7.92. The number of ether oxygens (including phenoxy) is 2. The summed E-state index contributed by atoms with van der Waals surface area (Å²) in [5.41, 5.74) is 1.28. The minimum atomic E-state index is 0. The summed E-state index contributed by atoms with van der Waals surface area (Å²) in [6.45, 7) is 7.29. The second kappa shape index (κ2) is 13.8. The van der Waals surface area contributed by atoms with Crippen molar-refractivity contribution in [3.8, 4) is 0 Å². The Balaban J connectivity index is 0.00000338. The van der Waals surface area contributed by atoms with Crippen LogP contribution in [0.25, 0.3) is 10.9 Å². The topological polar surface area (TPSA) is 59.8 Å². The molecule has 0 fully saturated rings. The van der Waals surface area contributed by atoms with Crippen molar-refractivity contribution in [3.63, 3.8) is 0 Å². The lowest BCUT2D eigenvalue weighted by atomic mass is 10.2. The van der Waals surface area contributed by atoms with Gasteiger partial charge in [-0.25, -0.2) is 0 Å². The highest BCUT2D eigenvalue weighted by atomic mass is 127. The zero-order valence-electron chi connectivity index (χ0n) is 15.7. The lowest BCUT2D eigenvalue weighted by molar-refractivity contribution is 0.0733. The number of rotatable bonds is 11. The number of benzene rings is 1. The van der Waals surface area contributed by atoms with Crippen molar-refractivity contribution in [2.45, 2.75) is 19.9 Å². The first kappa shape index (κ1) is 22.7. The summed E-state index contributed by atoms with van der Waals surface area (Å²) in [6.07, 6.45) is 3.15. The number of aromatic nitrogens is 1. The molecule has 0 aliphatic heterocycles. The van der Waals surface area contributed by atoms with E-state index in [9.17, 15) is 0 Å². The number of hydrogen-bond donors (Lipinski definition) is 2. The van der Waals surface area contributed by atoms with Crippen molar-refractivity contribution in [2.75, 3.05) is 46.6 Å². The summed E-state index contributed by atoms with van der Waals surface area (Å²) < 4.78 is 12.7. The lowest BCUT2D eigenvalue weighted by Crippen LogP contribution is -2.39. The van der Waals surface area contributed by atoms with E-state index in [0.29, 0.717) is 19.8 Å². The van der Waals surface area contributed by atoms with Crippen molar-refractivity contribution in [1.82, 2.24) is 15.2 Å². The maximum Gasteiger partial charge on any atom is 0.191 e. The largest absolute Gasteiger partial charge is 0.382 e. The summed E-state index contributed by atoms with van der Waals surface area (Å²) in [4.78, 5) is 4.63. The molecule has 1 aromatic carbocycles. The van der Waals surface area contributed by atoms with Crippen LogP contribution < -0.4 is 10.6 Å². The second-order valence-corrected chi connectivity index (χ2v) is 5.71. The van der Waals surface area contributed by atoms with Gasteiger partial charge in [0.1, 0.15) is 0 Å². The minimum absolute atomic E-state index is 0. The van der Waals surface area contributed by atoms with Crippen LogP contribution in [-0.2, 0) is 16.0 Å². The molecule has 2 rings (SSSR count). The molecule has 146 valence electrons. The number of halogens is 1. The molecular weight excluding hydrogens is 443 g/mol. The first-order chi connectivity index (χ1) is 12.3. The normalized spacial score (nSPS) is 11.4. The summed E-state index contributed by atoms with van der Waals surface area (Å²) in [5, 5.41) is 7.83. The van der Waals surface area contributed by atoms with Crippen molar-refractivity contribution in [1.29, 1.82) is 0 Å². The zero-order chi connectivity index (χ0) is 17.7. The number of aryl methyl sites for hydroxylation is 1. The van der Waals surface area contributed by atoms with Crippen LogP contribution in [0.4, 0.5) is 0 Å². The van der Waals surface area contributed by atoms with Gasteiger partial charge in [-0.1, -0.05) is 18.2 Å². The van der Waals surface area contributed by atoms with Gasteiger partial charge in [0.2, 0.25) is 0 Å². The van der Waals surface area contributed by atoms with E-state index in [1.807, 2.05) is 0 Å². The number of nitrogens with one attached hydrogen (secondary N) is 2. The Labute approximate surface area is 173 Å². The molecule has 1 aromatic heterocycles. The molecule has 0 saturated heterocycles. The monoisotopic (exact) mass is 474 g/mol. The second-order valence-electron chi connectivity index (χ2n) is 5.71. The Morgan fingerprint density at radius 1 is 1.12 bits per heavy atom. The van der Waals surface area contributed by atoms with Gasteiger partial charge in [-0.3, -0.25) is 4.99 Å². The van der Waals surface area contributed by atoms with Gasteiger partial charge in [-0.2, -0.15) is 0 Å². The van der Waals surface area contributed by atoms with Crippen LogP contribution in [0.1, 0.15) is 13.3 Å². The van der Waals surface area contributed by atoms with E-state index in [4.69, 9.17) is 9.47 Å². The van der Waals surface area contributed by atoms with Crippen LogP contribution in [0.15, 0.2) is 41.5 Å². The van der Waals surface area contributed by atoms with Gasteiger partial charge < -0.3 is 24.7 Å². The molecule has 0 bridgehead atoms. The molecule has 0 atom stereocenters. The van der Waals surface area contributed by atoms with Gasteiger partial charge in [0, 0.05) is 45.0 Å². The highest BCUT2D eigenvalue weighted by Crippen LogP contribution is 2.15. The van der Waals surface area contributed by atoms with E-state index in [1.54, 1.807) is 7.11 Å². The zero-order valence-corrected chi connectivity index (χ0v) is 18.1. The number of hydrogen-bond acceptors (Lipinski definition) is 3. The minimum Gasteiger partial charge on any atom is -0.382 e. The quantitative estimate of drug-likeness (QED) is 0.228. The Morgan fingerprint density at radius 2 is 1.96 bits per heavy atom. The third-order valence-electron chi connectivity index (χ3n) is 3.82. The standard InChI is InChI=1S/C19H30N4O2.HI/c1-3-20-19(22-11-14-25-16-15-24-2)21-10-6-12-23-13-9-17-7-4-5-8-18(17)23;/h4-5,7-9,13H,3,6,10-12,14-16H2,1-2H3,(H2,20,21,22);1H. The summed E-state index contributed by atoms with van der Waals surface area (Å²) in [5.74, 6) is 0.843. The molecule has 0 radical (unpaired) electrons. The molecule has 26 heavy (non-hydrogen) atoms. The third-order valence-corrected chi connectivity index (χ3v) is 3.82. The van der Waals surface area contributed by atoms with Crippen LogP contribution in [0.3, 0.4) is 0 Å². The molecule has 0 aliphatic carbocycles. The Hall–Kier alpha value is -1.32. The number of para-hydroxylation sites is 1. The van der Waals surface area contributed by atoms with Crippen LogP contribution in [-0.4, -0.2) is 57.1 Å². The van der Waals surface area contributed by atoms with Crippen molar-refractivity contribution in [2.24, 2.45) is 4.99 Å². The van der Waals surface area contributed by atoms with Gasteiger partial charge in [0.15, 0.2) is 5.96 Å². The highest BCUT2D eigenvalue weighted by Gasteiger charge is 2.00. The number of aliphatic imine (C=N–C) groups is 1. The van der Waals surface area contributed by atoms with Gasteiger partial charge in [0.05, 0.1) is 19.8 Å². The van der Waals surface area contributed by atoms with Gasteiger partial charge >= 0.3 is 0 Å². The van der Waals surface area contributed by atoms with E-state index in [1.165, 1.54) is 10.9 Å². The van der Waals surface area contributed by atoms with Crippen LogP contribution >= 0.6 is 24.0 Å². The molecule has 7 heteroatoms. The fourth-order valence-electron chi connectivity index (χ4n) is 2.60. The van der Waals surface area contributed by atoms with Crippen molar-refractivity contribution in [3.05, 3.63) is 36.5 Å². The number of fused-ring (bicyclic) bond motifs is 1. The molecule has 2 N–H and O–H groups in total. The Morgan fingerprint density at radius 3 is 2.77 bits per heavy atom. The maximum atomic E-state index is 5.44. The predicted molar refractivity (Wildman–Crippen MR) is 119 cm³/mol. The molecule has 2 aromatic rings. The highest BCUT2D eigenvalue weighted by molar-refractivity contribution is 14.0. The SMILES string of the molecule is CCNC(=NCCCn1ccc2ccccc21)NCCOCCOC.I. The average Bonchev–Trinajstić information content (AvgIpc) is 3.04. The van der Waals surface area contributed by atoms with E-state index < -0.39 is 0 Å². The molecular formula is C19H31IN4O2. The first-order valence-corrected chi connectivity index (χ1v) is 8.98. The van der Waals surface area contributed by atoms with E-state index in [2.05, 4.69) is 63.6 Å². The van der Waals surface area contributed by atoms with Crippen molar-refractivity contribution >= 4 is 40.8 Å². The van der Waals surface area contributed by atoms with Crippen LogP contribution in [0, 0.1) is 0 Å². The number of nitrogens with zero attached hydrogens (tertiary/aromatic N) is 2. The van der Waals surface area contributed by atoms with Gasteiger partial charge in [0.25, 0.3) is 0 Å². The number of guanidine groups is 1. The molecule has 0 amide bonds. The smallest absolute Gasteiger partial charge is 0.191 e.